The van der Waals surface area contributed by atoms with E-state index in [0.29, 0.717) is 0 Å². The summed E-state index contributed by atoms with van der Waals surface area (Å²) in [5, 5.41) is 17.2. The number of benzene rings is 10. The highest BCUT2D eigenvalue weighted by Gasteiger charge is 2.20. The Labute approximate surface area is 336 Å². The summed E-state index contributed by atoms with van der Waals surface area (Å²) in [6.07, 6.45) is 4.46. The van der Waals surface area contributed by atoms with Crippen LogP contribution in [0.4, 0.5) is 5.69 Å². The van der Waals surface area contributed by atoms with Crippen LogP contribution >= 0.6 is 0 Å². The van der Waals surface area contributed by atoms with Crippen molar-refractivity contribution in [3.63, 3.8) is 0 Å². The maximum atomic E-state index is 5.59. The second-order valence-corrected chi connectivity index (χ2v) is 15.5. The number of pyridine rings is 1. The molecule has 1 atom stereocenters. The molecule has 0 saturated heterocycles. The summed E-state index contributed by atoms with van der Waals surface area (Å²) in [7, 11) is 0. The van der Waals surface area contributed by atoms with Gasteiger partial charge < -0.3 is 5.32 Å². The Bertz CT molecular complexity index is 3490. The van der Waals surface area contributed by atoms with Crippen LogP contribution in [0.3, 0.4) is 0 Å². The minimum Gasteiger partial charge on any atom is -0.374 e. The quantitative estimate of drug-likeness (QED) is 0.182. The van der Waals surface area contributed by atoms with Crippen molar-refractivity contribution in [1.82, 2.24) is 4.98 Å². The average molecular weight is 737 g/mol. The van der Waals surface area contributed by atoms with E-state index < -0.39 is 0 Å². The number of para-hydroxylation sites is 1. The van der Waals surface area contributed by atoms with Crippen molar-refractivity contribution < 1.29 is 0 Å². The third-order valence-electron chi connectivity index (χ3n) is 12.2. The standard InChI is InChI=1S/C56H36N2/c1-4-16-40-38(14-1)31-48(44-20-8-6-18-42(40)44)50-33-52-51(49-32-39-15-2-5-17-41(39)43-19-7-9-21-45(43)49)34-55(58-56(52)47-23-11-10-22-46(47)50)37-27-25-36(26-28-37)54-30-29-35-13-3-12-24-53(35)57-54/h1-34,54,57H. The number of nitrogens with one attached hydrogen (secondary N) is 1. The van der Waals surface area contributed by atoms with Crippen molar-refractivity contribution in [2.24, 2.45) is 0 Å². The van der Waals surface area contributed by atoms with Crippen LogP contribution in [0.5, 0.6) is 0 Å². The van der Waals surface area contributed by atoms with Crippen molar-refractivity contribution >= 4 is 76.5 Å². The molecule has 1 N–H and O–H groups in total. The lowest BCUT2D eigenvalue weighted by Gasteiger charge is -2.23. The van der Waals surface area contributed by atoms with Crippen LogP contribution in [0.15, 0.2) is 200 Å². The molecule has 12 rings (SSSR count). The zero-order valence-corrected chi connectivity index (χ0v) is 31.7. The van der Waals surface area contributed by atoms with Gasteiger partial charge >= 0.3 is 0 Å². The van der Waals surface area contributed by atoms with E-state index in [4.69, 9.17) is 4.98 Å². The molecular weight excluding hydrogens is 701 g/mol. The lowest BCUT2D eigenvalue weighted by Crippen LogP contribution is -2.11. The minimum absolute atomic E-state index is 0.0987. The van der Waals surface area contributed by atoms with Crippen LogP contribution in [0, 0.1) is 0 Å². The van der Waals surface area contributed by atoms with Gasteiger partial charge in [0.15, 0.2) is 0 Å². The Hall–Kier alpha value is -7.55. The van der Waals surface area contributed by atoms with E-state index in [9.17, 15) is 0 Å². The number of fused-ring (bicyclic) bond motifs is 10. The van der Waals surface area contributed by atoms with Crippen LogP contribution in [0.25, 0.3) is 104 Å². The lowest BCUT2D eigenvalue weighted by molar-refractivity contribution is 0.979. The van der Waals surface area contributed by atoms with Crippen LogP contribution < -0.4 is 5.32 Å². The molecule has 0 spiro atoms. The molecule has 11 aromatic rings. The third-order valence-corrected chi connectivity index (χ3v) is 12.2. The maximum absolute atomic E-state index is 5.59. The molecule has 10 aromatic carbocycles. The first-order chi connectivity index (χ1) is 28.7. The molecule has 2 heterocycles. The minimum atomic E-state index is 0.0987. The van der Waals surface area contributed by atoms with Crippen LogP contribution in [0.2, 0.25) is 0 Å². The highest BCUT2D eigenvalue weighted by Crippen LogP contribution is 2.45. The molecule has 0 radical (unpaired) electrons. The Kier molecular flexibility index (Phi) is 7.33. The highest BCUT2D eigenvalue weighted by molar-refractivity contribution is 6.23. The van der Waals surface area contributed by atoms with Crippen molar-refractivity contribution in [1.29, 1.82) is 0 Å². The summed E-state index contributed by atoms with van der Waals surface area (Å²) in [5.74, 6) is 0. The zero-order valence-electron chi connectivity index (χ0n) is 31.7. The molecule has 0 bridgehead atoms. The summed E-state index contributed by atoms with van der Waals surface area (Å²) in [4.78, 5) is 5.59. The first kappa shape index (κ1) is 32.7. The smallest absolute Gasteiger partial charge is 0.0794 e. The first-order valence-electron chi connectivity index (χ1n) is 20.1. The molecule has 2 heteroatoms. The summed E-state index contributed by atoms with van der Waals surface area (Å²) in [6, 6.07) is 71.1. The van der Waals surface area contributed by atoms with Gasteiger partial charge in [-0.1, -0.05) is 176 Å². The van der Waals surface area contributed by atoms with Crippen molar-refractivity contribution in [3.05, 3.63) is 211 Å². The molecular formula is C56H36N2. The Morgan fingerprint density at radius 1 is 0.379 bits per heavy atom. The molecule has 1 aliphatic rings. The van der Waals surface area contributed by atoms with Crippen molar-refractivity contribution in [2.75, 3.05) is 5.32 Å². The molecule has 2 nitrogen and oxygen atoms in total. The fraction of sp³-hybridized carbons (Fsp3) is 0.0179. The SMILES string of the molecule is C1=CC(c2ccc(-c3cc(-c4cc5ccccc5c5ccccc45)c4cc(-c5cc6ccccc6c6ccccc56)c5ccccc5c4n3)cc2)Nc2ccccc21. The molecule has 1 aliphatic heterocycles. The van der Waals surface area contributed by atoms with Gasteiger partial charge in [0.1, 0.15) is 0 Å². The zero-order chi connectivity index (χ0) is 38.2. The summed E-state index contributed by atoms with van der Waals surface area (Å²) in [6.45, 7) is 0. The number of anilines is 1. The van der Waals surface area contributed by atoms with E-state index in [2.05, 4.69) is 212 Å². The van der Waals surface area contributed by atoms with Crippen LogP contribution in [0.1, 0.15) is 17.2 Å². The van der Waals surface area contributed by atoms with E-state index in [1.54, 1.807) is 0 Å². The molecule has 0 amide bonds. The normalized spacial score (nSPS) is 13.8. The number of nitrogens with zero attached hydrogens (tertiary/aromatic N) is 1. The molecule has 1 unspecified atom stereocenters. The molecule has 0 saturated carbocycles. The van der Waals surface area contributed by atoms with E-state index in [1.165, 1.54) is 81.9 Å². The van der Waals surface area contributed by atoms with E-state index in [0.717, 1.165) is 33.2 Å². The predicted molar refractivity (Wildman–Crippen MR) is 247 cm³/mol. The molecule has 0 fully saturated rings. The van der Waals surface area contributed by atoms with E-state index >= 15 is 0 Å². The largest absolute Gasteiger partial charge is 0.374 e. The fourth-order valence-corrected chi connectivity index (χ4v) is 9.45. The molecule has 270 valence electrons. The van der Waals surface area contributed by atoms with Gasteiger partial charge in [-0.3, -0.25) is 0 Å². The van der Waals surface area contributed by atoms with Gasteiger partial charge in [-0.2, -0.15) is 0 Å². The monoisotopic (exact) mass is 736 g/mol. The van der Waals surface area contributed by atoms with Crippen molar-refractivity contribution in [3.8, 4) is 33.5 Å². The van der Waals surface area contributed by atoms with Gasteiger partial charge in [-0.15, -0.1) is 0 Å². The van der Waals surface area contributed by atoms with E-state index in [-0.39, 0.29) is 6.04 Å². The Morgan fingerprint density at radius 2 is 0.862 bits per heavy atom. The maximum Gasteiger partial charge on any atom is 0.0794 e. The van der Waals surface area contributed by atoms with E-state index in [1.807, 2.05) is 0 Å². The third kappa shape index (κ3) is 5.16. The summed E-state index contributed by atoms with van der Waals surface area (Å²) < 4.78 is 0. The fourth-order valence-electron chi connectivity index (χ4n) is 9.45. The Balaban J connectivity index is 1.13. The average Bonchev–Trinajstić information content (AvgIpc) is 3.30. The second-order valence-electron chi connectivity index (χ2n) is 15.5. The number of hydrogen-bond donors (Lipinski definition) is 1. The molecule has 1 aromatic heterocycles. The van der Waals surface area contributed by atoms with Crippen molar-refractivity contribution in [2.45, 2.75) is 6.04 Å². The predicted octanol–water partition coefficient (Wildman–Crippen LogP) is 15.2. The van der Waals surface area contributed by atoms with Gasteiger partial charge in [-0.05, 0) is 112 Å². The van der Waals surface area contributed by atoms with Gasteiger partial charge in [0.25, 0.3) is 0 Å². The molecule has 58 heavy (non-hydrogen) atoms. The van der Waals surface area contributed by atoms with Crippen LogP contribution in [-0.2, 0) is 0 Å². The summed E-state index contributed by atoms with van der Waals surface area (Å²) >= 11 is 0. The van der Waals surface area contributed by atoms with Gasteiger partial charge in [-0.25, -0.2) is 4.98 Å². The number of aromatic nitrogens is 1. The first-order valence-corrected chi connectivity index (χ1v) is 20.1. The highest BCUT2D eigenvalue weighted by atomic mass is 14.9. The van der Waals surface area contributed by atoms with Gasteiger partial charge in [0.2, 0.25) is 0 Å². The molecule has 0 aliphatic carbocycles. The second kappa shape index (κ2) is 13.0. The lowest BCUT2D eigenvalue weighted by atomic mass is 9.86. The van der Waals surface area contributed by atoms with Gasteiger partial charge in [0.05, 0.1) is 17.3 Å². The summed E-state index contributed by atoms with van der Waals surface area (Å²) in [5.41, 5.74) is 11.5. The number of rotatable bonds is 4. The topological polar surface area (TPSA) is 24.9 Å². The van der Waals surface area contributed by atoms with Crippen LogP contribution in [-0.4, -0.2) is 4.98 Å². The Morgan fingerprint density at radius 3 is 1.50 bits per heavy atom. The van der Waals surface area contributed by atoms with Gasteiger partial charge in [0, 0.05) is 22.0 Å². The number of hydrogen-bond acceptors (Lipinski definition) is 2.